The molecule has 0 aliphatic rings. The molecule has 12 heavy (non-hydrogen) atoms. The van der Waals surface area contributed by atoms with E-state index in [0.29, 0.717) is 0 Å². The summed E-state index contributed by atoms with van der Waals surface area (Å²) in [5.41, 5.74) is 0.750. The molecule has 0 aromatic carbocycles. The Morgan fingerprint density at radius 3 is 2.75 bits per heavy atom. The van der Waals surface area contributed by atoms with Crippen LogP contribution in [0.1, 0.15) is 12.6 Å². The fraction of sp³-hybridized carbons (Fsp3) is 0.571. The molecule has 0 bridgehead atoms. The predicted octanol–water partition coefficient (Wildman–Crippen LogP) is 0.448. The summed E-state index contributed by atoms with van der Waals surface area (Å²) in [5.74, 6) is 0.0703. The van der Waals surface area contributed by atoms with Crippen molar-refractivity contribution in [1.82, 2.24) is 9.55 Å². The highest BCUT2D eigenvalue weighted by atomic mass is 32.2. The number of hydrogen-bond donors (Lipinski definition) is 0. The normalized spacial score (nSPS) is 11.8. The van der Waals surface area contributed by atoms with Gasteiger partial charge in [-0.15, -0.1) is 0 Å². The van der Waals surface area contributed by atoms with Gasteiger partial charge >= 0.3 is 0 Å². The highest BCUT2D eigenvalue weighted by molar-refractivity contribution is 7.89. The standard InChI is InChI=1S/C7H12N2O2S/c1-3-9-6-8-4-7(9)5-12(2,10)11/h4,6H,3,5H2,1-2H3. The second-order valence-electron chi connectivity index (χ2n) is 2.74. The van der Waals surface area contributed by atoms with Crippen LogP contribution in [-0.4, -0.2) is 24.2 Å². The van der Waals surface area contributed by atoms with Gasteiger partial charge < -0.3 is 4.57 Å². The van der Waals surface area contributed by atoms with Gasteiger partial charge in [0, 0.05) is 19.0 Å². The first-order valence-electron chi connectivity index (χ1n) is 3.69. The molecule has 0 spiro atoms. The van der Waals surface area contributed by atoms with Crippen molar-refractivity contribution in [3.8, 4) is 0 Å². The van der Waals surface area contributed by atoms with Gasteiger partial charge in [-0.2, -0.15) is 0 Å². The van der Waals surface area contributed by atoms with Crippen LogP contribution in [0.3, 0.4) is 0 Å². The molecule has 1 aromatic rings. The van der Waals surface area contributed by atoms with Crippen LogP contribution in [-0.2, 0) is 22.1 Å². The van der Waals surface area contributed by atoms with Crippen LogP contribution in [0.2, 0.25) is 0 Å². The van der Waals surface area contributed by atoms with E-state index in [4.69, 9.17) is 0 Å². The van der Waals surface area contributed by atoms with Gasteiger partial charge in [-0.1, -0.05) is 0 Å². The minimum Gasteiger partial charge on any atom is -0.334 e. The second-order valence-corrected chi connectivity index (χ2v) is 4.88. The topological polar surface area (TPSA) is 52.0 Å². The van der Waals surface area contributed by atoms with Crippen LogP contribution >= 0.6 is 0 Å². The summed E-state index contributed by atoms with van der Waals surface area (Å²) in [5, 5.41) is 0. The largest absolute Gasteiger partial charge is 0.334 e. The van der Waals surface area contributed by atoms with Crippen LogP contribution in [0.25, 0.3) is 0 Å². The molecule has 0 unspecified atom stereocenters. The molecule has 68 valence electrons. The van der Waals surface area contributed by atoms with Crippen LogP contribution < -0.4 is 0 Å². The molecular formula is C7H12N2O2S. The molecule has 5 heteroatoms. The molecule has 0 atom stereocenters. The van der Waals surface area contributed by atoms with Crippen molar-refractivity contribution in [2.45, 2.75) is 19.2 Å². The molecule has 0 saturated heterocycles. The van der Waals surface area contributed by atoms with Crippen LogP contribution in [0, 0.1) is 0 Å². The zero-order valence-corrected chi connectivity index (χ0v) is 8.00. The van der Waals surface area contributed by atoms with Crippen LogP contribution in [0.4, 0.5) is 0 Å². The van der Waals surface area contributed by atoms with Gasteiger partial charge in [-0.05, 0) is 6.92 Å². The summed E-state index contributed by atoms with van der Waals surface area (Å²) in [6, 6.07) is 0. The number of aromatic nitrogens is 2. The monoisotopic (exact) mass is 188 g/mol. The van der Waals surface area contributed by atoms with E-state index in [1.54, 1.807) is 12.5 Å². The summed E-state index contributed by atoms with van der Waals surface area (Å²) in [6.45, 7) is 2.71. The number of imidazole rings is 1. The first kappa shape index (κ1) is 9.25. The SMILES string of the molecule is CCn1cncc1CS(C)(=O)=O. The lowest BCUT2D eigenvalue weighted by molar-refractivity contribution is 0.598. The Balaban J connectivity index is 2.89. The molecule has 0 N–H and O–H groups in total. The number of nitrogens with zero attached hydrogens (tertiary/aromatic N) is 2. The van der Waals surface area contributed by atoms with Gasteiger partial charge in [0.2, 0.25) is 0 Å². The zero-order chi connectivity index (χ0) is 9.19. The third kappa shape index (κ3) is 2.34. The maximum atomic E-state index is 10.9. The Morgan fingerprint density at radius 1 is 1.58 bits per heavy atom. The lowest BCUT2D eigenvalue weighted by Gasteiger charge is -2.02. The second kappa shape index (κ2) is 3.26. The third-order valence-corrected chi connectivity index (χ3v) is 2.37. The van der Waals surface area contributed by atoms with Gasteiger partial charge in [-0.3, -0.25) is 0 Å². The molecule has 0 radical (unpaired) electrons. The number of sulfone groups is 1. The van der Waals surface area contributed by atoms with Crippen LogP contribution in [0.5, 0.6) is 0 Å². The van der Waals surface area contributed by atoms with Gasteiger partial charge in [0.25, 0.3) is 0 Å². The van der Waals surface area contributed by atoms with Crippen molar-refractivity contribution >= 4 is 9.84 Å². The highest BCUT2D eigenvalue weighted by Crippen LogP contribution is 2.03. The van der Waals surface area contributed by atoms with Crippen LogP contribution in [0.15, 0.2) is 12.5 Å². The Labute approximate surface area is 72.2 Å². The average Bonchev–Trinajstić information content (AvgIpc) is 2.31. The Bertz CT molecular complexity index is 353. The van der Waals surface area contributed by atoms with E-state index in [1.165, 1.54) is 6.26 Å². The van der Waals surface area contributed by atoms with Crippen molar-refractivity contribution in [1.29, 1.82) is 0 Å². The maximum Gasteiger partial charge on any atom is 0.153 e. The summed E-state index contributed by atoms with van der Waals surface area (Å²) < 4.78 is 23.7. The maximum absolute atomic E-state index is 10.9. The van der Waals surface area contributed by atoms with E-state index in [2.05, 4.69) is 4.98 Å². The van der Waals surface area contributed by atoms with E-state index in [0.717, 1.165) is 12.2 Å². The number of hydrogen-bond acceptors (Lipinski definition) is 3. The molecule has 1 rings (SSSR count). The quantitative estimate of drug-likeness (QED) is 0.692. The van der Waals surface area contributed by atoms with Gasteiger partial charge in [0.1, 0.15) is 0 Å². The fourth-order valence-electron chi connectivity index (χ4n) is 1.02. The molecule has 1 heterocycles. The Kier molecular flexibility index (Phi) is 2.52. The van der Waals surface area contributed by atoms with Gasteiger partial charge in [0.15, 0.2) is 9.84 Å². The molecule has 0 aliphatic carbocycles. The lowest BCUT2D eigenvalue weighted by Crippen LogP contribution is -2.06. The molecule has 0 amide bonds. The molecule has 0 saturated carbocycles. The predicted molar refractivity (Wildman–Crippen MR) is 46.4 cm³/mol. The van der Waals surface area contributed by atoms with Crippen molar-refractivity contribution in [2.75, 3.05) is 6.26 Å². The lowest BCUT2D eigenvalue weighted by atomic mass is 10.5. The van der Waals surface area contributed by atoms with Crippen molar-refractivity contribution in [2.24, 2.45) is 0 Å². The fourth-order valence-corrected chi connectivity index (χ4v) is 1.80. The minimum absolute atomic E-state index is 0.0703. The summed E-state index contributed by atoms with van der Waals surface area (Å²) >= 11 is 0. The Morgan fingerprint density at radius 2 is 2.25 bits per heavy atom. The van der Waals surface area contributed by atoms with Gasteiger partial charge in [0.05, 0.1) is 17.8 Å². The average molecular weight is 188 g/mol. The number of aryl methyl sites for hydroxylation is 1. The highest BCUT2D eigenvalue weighted by Gasteiger charge is 2.07. The summed E-state index contributed by atoms with van der Waals surface area (Å²) in [7, 11) is -2.94. The minimum atomic E-state index is -2.94. The molecule has 4 nitrogen and oxygen atoms in total. The smallest absolute Gasteiger partial charge is 0.153 e. The zero-order valence-electron chi connectivity index (χ0n) is 7.19. The van der Waals surface area contributed by atoms with E-state index in [1.807, 2.05) is 11.5 Å². The van der Waals surface area contributed by atoms with E-state index >= 15 is 0 Å². The number of rotatable bonds is 3. The van der Waals surface area contributed by atoms with Crippen molar-refractivity contribution in [3.63, 3.8) is 0 Å². The first-order valence-corrected chi connectivity index (χ1v) is 5.75. The first-order chi connectivity index (χ1) is 5.53. The molecule has 0 aliphatic heterocycles. The molecular weight excluding hydrogens is 176 g/mol. The molecule has 1 aromatic heterocycles. The van der Waals surface area contributed by atoms with Crippen molar-refractivity contribution in [3.05, 3.63) is 18.2 Å². The van der Waals surface area contributed by atoms with E-state index in [-0.39, 0.29) is 5.75 Å². The molecule has 0 fully saturated rings. The Hall–Kier alpha value is -0.840. The van der Waals surface area contributed by atoms with Gasteiger partial charge in [-0.25, -0.2) is 13.4 Å². The summed E-state index contributed by atoms with van der Waals surface area (Å²) in [4.78, 5) is 3.88. The van der Waals surface area contributed by atoms with E-state index < -0.39 is 9.84 Å². The third-order valence-electron chi connectivity index (χ3n) is 1.55. The van der Waals surface area contributed by atoms with E-state index in [9.17, 15) is 8.42 Å². The summed E-state index contributed by atoms with van der Waals surface area (Å²) in [6.07, 6.45) is 4.45. The van der Waals surface area contributed by atoms with Crippen molar-refractivity contribution < 1.29 is 8.42 Å².